The SMILES string of the molecule is Cc1nn(C)cc1C(=O)Nc1cnn(C)c1C(=O)O. The van der Waals surface area contributed by atoms with E-state index in [-0.39, 0.29) is 11.4 Å². The molecule has 2 heterocycles. The number of carboxylic acids is 1. The molecule has 0 aliphatic heterocycles. The number of carbonyl (C=O) groups excluding carboxylic acids is 1. The standard InChI is InChI=1S/C11H13N5O3/c1-6-7(5-15(2)14-6)10(17)13-8-4-12-16(3)9(8)11(18)19/h4-5H,1-3H3,(H,13,17)(H,18,19). The van der Waals surface area contributed by atoms with Crippen molar-refractivity contribution in [3.8, 4) is 0 Å². The maximum Gasteiger partial charge on any atom is 0.356 e. The molecule has 8 nitrogen and oxygen atoms in total. The van der Waals surface area contributed by atoms with Gasteiger partial charge in [0.15, 0.2) is 5.69 Å². The molecule has 0 aliphatic rings. The predicted molar refractivity (Wildman–Crippen MR) is 66.1 cm³/mol. The summed E-state index contributed by atoms with van der Waals surface area (Å²) in [5.41, 5.74) is 1.04. The van der Waals surface area contributed by atoms with Gasteiger partial charge in [-0.3, -0.25) is 14.2 Å². The molecule has 0 aromatic carbocycles. The van der Waals surface area contributed by atoms with Crippen molar-refractivity contribution < 1.29 is 14.7 Å². The van der Waals surface area contributed by atoms with E-state index in [2.05, 4.69) is 15.5 Å². The number of aromatic carboxylic acids is 1. The maximum atomic E-state index is 12.0. The summed E-state index contributed by atoms with van der Waals surface area (Å²) in [4.78, 5) is 23.1. The largest absolute Gasteiger partial charge is 0.476 e. The first-order valence-corrected chi connectivity index (χ1v) is 5.47. The van der Waals surface area contributed by atoms with Crippen molar-refractivity contribution >= 4 is 17.6 Å². The number of nitrogens with one attached hydrogen (secondary N) is 1. The Bertz CT molecular complexity index is 655. The zero-order valence-electron chi connectivity index (χ0n) is 10.7. The molecule has 2 rings (SSSR count). The molecule has 0 fully saturated rings. The van der Waals surface area contributed by atoms with Gasteiger partial charge in [-0.25, -0.2) is 4.79 Å². The summed E-state index contributed by atoms with van der Waals surface area (Å²) in [7, 11) is 3.20. The molecule has 19 heavy (non-hydrogen) atoms. The summed E-state index contributed by atoms with van der Waals surface area (Å²) in [5.74, 6) is -1.57. The Morgan fingerprint density at radius 1 is 1.37 bits per heavy atom. The number of nitrogens with zero attached hydrogens (tertiary/aromatic N) is 4. The normalized spacial score (nSPS) is 10.5. The number of amides is 1. The molecular formula is C11H13N5O3. The zero-order chi connectivity index (χ0) is 14.2. The Morgan fingerprint density at radius 2 is 2.05 bits per heavy atom. The van der Waals surface area contributed by atoms with Crippen molar-refractivity contribution in [1.29, 1.82) is 0 Å². The lowest BCUT2D eigenvalue weighted by molar-refractivity contribution is 0.0686. The molecule has 8 heteroatoms. The van der Waals surface area contributed by atoms with Gasteiger partial charge < -0.3 is 10.4 Å². The molecule has 2 N–H and O–H groups in total. The minimum Gasteiger partial charge on any atom is -0.476 e. The van der Waals surface area contributed by atoms with Crippen molar-refractivity contribution in [3.63, 3.8) is 0 Å². The Labute approximate surface area is 108 Å². The number of rotatable bonds is 3. The van der Waals surface area contributed by atoms with Gasteiger partial charge in [-0.1, -0.05) is 0 Å². The number of carboxylic acid groups (broad SMARTS) is 1. The molecular weight excluding hydrogens is 250 g/mol. The average molecular weight is 263 g/mol. The molecule has 2 aromatic heterocycles. The summed E-state index contributed by atoms with van der Waals surface area (Å²) in [6.07, 6.45) is 2.87. The Hall–Kier alpha value is -2.64. The molecule has 0 saturated heterocycles. The number of hydrogen-bond acceptors (Lipinski definition) is 4. The predicted octanol–water partition coefficient (Wildman–Crippen LogP) is 0.413. The minimum atomic E-state index is -1.15. The van der Waals surface area contributed by atoms with Gasteiger partial charge in [-0.05, 0) is 6.92 Å². The quantitative estimate of drug-likeness (QED) is 0.835. The van der Waals surface area contributed by atoms with Crippen LogP contribution in [0.4, 0.5) is 5.69 Å². The Morgan fingerprint density at radius 3 is 2.58 bits per heavy atom. The third kappa shape index (κ3) is 2.32. The molecule has 2 aromatic rings. The number of aryl methyl sites for hydroxylation is 3. The lowest BCUT2D eigenvalue weighted by atomic mass is 10.2. The number of carbonyl (C=O) groups is 2. The van der Waals surface area contributed by atoms with Gasteiger partial charge in [0.25, 0.3) is 5.91 Å². The van der Waals surface area contributed by atoms with Crippen LogP contribution >= 0.6 is 0 Å². The van der Waals surface area contributed by atoms with Gasteiger partial charge in [0.1, 0.15) is 0 Å². The molecule has 0 radical (unpaired) electrons. The summed E-state index contributed by atoms with van der Waals surface area (Å²) >= 11 is 0. The van der Waals surface area contributed by atoms with Crippen molar-refractivity contribution in [1.82, 2.24) is 19.6 Å². The van der Waals surface area contributed by atoms with Gasteiger partial charge in [0.2, 0.25) is 0 Å². The van der Waals surface area contributed by atoms with Crippen LogP contribution < -0.4 is 5.32 Å². The van der Waals surface area contributed by atoms with Crippen LogP contribution in [0.3, 0.4) is 0 Å². The highest BCUT2D eigenvalue weighted by atomic mass is 16.4. The smallest absolute Gasteiger partial charge is 0.356 e. The number of aromatic nitrogens is 4. The van der Waals surface area contributed by atoms with E-state index >= 15 is 0 Å². The van der Waals surface area contributed by atoms with Crippen molar-refractivity contribution in [3.05, 3.63) is 29.3 Å². The molecule has 0 aliphatic carbocycles. The van der Waals surface area contributed by atoms with E-state index in [0.717, 1.165) is 0 Å². The Balaban J connectivity index is 2.29. The van der Waals surface area contributed by atoms with Gasteiger partial charge >= 0.3 is 5.97 Å². The van der Waals surface area contributed by atoms with Crippen LogP contribution in [-0.4, -0.2) is 36.5 Å². The van der Waals surface area contributed by atoms with Crippen LogP contribution in [0.25, 0.3) is 0 Å². The zero-order valence-corrected chi connectivity index (χ0v) is 10.7. The van der Waals surface area contributed by atoms with Crippen LogP contribution in [0.2, 0.25) is 0 Å². The van der Waals surface area contributed by atoms with E-state index in [1.807, 2.05) is 0 Å². The fraction of sp³-hybridized carbons (Fsp3) is 0.273. The van der Waals surface area contributed by atoms with Gasteiger partial charge in [0, 0.05) is 20.3 Å². The summed E-state index contributed by atoms with van der Waals surface area (Å²) in [6, 6.07) is 0. The van der Waals surface area contributed by atoms with Gasteiger partial charge in [-0.2, -0.15) is 10.2 Å². The molecule has 1 amide bonds. The number of anilines is 1. The molecule has 0 atom stereocenters. The van der Waals surface area contributed by atoms with E-state index in [1.54, 1.807) is 20.2 Å². The molecule has 0 spiro atoms. The van der Waals surface area contributed by atoms with Crippen molar-refractivity contribution in [2.45, 2.75) is 6.92 Å². The maximum absolute atomic E-state index is 12.0. The molecule has 100 valence electrons. The first-order valence-electron chi connectivity index (χ1n) is 5.47. The van der Waals surface area contributed by atoms with E-state index in [4.69, 9.17) is 5.11 Å². The van der Waals surface area contributed by atoms with Gasteiger partial charge in [-0.15, -0.1) is 0 Å². The first-order chi connectivity index (χ1) is 8.90. The fourth-order valence-corrected chi connectivity index (χ4v) is 1.79. The third-order valence-corrected chi connectivity index (χ3v) is 2.65. The highest BCUT2D eigenvalue weighted by Gasteiger charge is 2.20. The average Bonchev–Trinajstić information content (AvgIpc) is 2.82. The number of hydrogen-bond donors (Lipinski definition) is 2. The van der Waals surface area contributed by atoms with Crippen LogP contribution in [0.1, 0.15) is 26.5 Å². The van der Waals surface area contributed by atoms with E-state index in [1.165, 1.54) is 22.6 Å². The lowest BCUT2D eigenvalue weighted by Gasteiger charge is -2.03. The highest BCUT2D eigenvalue weighted by Crippen LogP contribution is 2.16. The minimum absolute atomic E-state index is 0.0742. The highest BCUT2D eigenvalue weighted by molar-refractivity contribution is 6.07. The molecule has 0 unspecified atom stereocenters. The van der Waals surface area contributed by atoms with Crippen LogP contribution in [0, 0.1) is 6.92 Å². The fourth-order valence-electron chi connectivity index (χ4n) is 1.79. The van der Waals surface area contributed by atoms with E-state index in [0.29, 0.717) is 11.3 Å². The Kier molecular flexibility index (Phi) is 3.07. The molecule has 0 saturated carbocycles. The van der Waals surface area contributed by atoms with Gasteiger partial charge in [0.05, 0.1) is 23.1 Å². The monoisotopic (exact) mass is 263 g/mol. The van der Waals surface area contributed by atoms with Crippen molar-refractivity contribution in [2.75, 3.05) is 5.32 Å². The first kappa shape index (κ1) is 12.8. The second-order valence-corrected chi connectivity index (χ2v) is 4.09. The van der Waals surface area contributed by atoms with E-state index in [9.17, 15) is 9.59 Å². The molecule has 0 bridgehead atoms. The van der Waals surface area contributed by atoms with Crippen LogP contribution in [0.5, 0.6) is 0 Å². The second kappa shape index (κ2) is 4.56. The topological polar surface area (TPSA) is 102 Å². The second-order valence-electron chi connectivity index (χ2n) is 4.09. The lowest BCUT2D eigenvalue weighted by Crippen LogP contribution is -2.15. The summed E-state index contributed by atoms with van der Waals surface area (Å²) in [5, 5.41) is 19.4. The van der Waals surface area contributed by atoms with Crippen LogP contribution in [0.15, 0.2) is 12.4 Å². The summed E-state index contributed by atoms with van der Waals surface area (Å²) < 4.78 is 2.71. The summed E-state index contributed by atoms with van der Waals surface area (Å²) in [6.45, 7) is 1.70. The van der Waals surface area contributed by atoms with Crippen molar-refractivity contribution in [2.24, 2.45) is 14.1 Å². The van der Waals surface area contributed by atoms with E-state index < -0.39 is 11.9 Å². The van der Waals surface area contributed by atoms with Crippen LogP contribution in [-0.2, 0) is 14.1 Å². The third-order valence-electron chi connectivity index (χ3n) is 2.65.